The second-order valence-corrected chi connectivity index (χ2v) is 14.1. The molecule has 7 nitrogen and oxygen atoms in total. The molecule has 0 amide bonds. The molecular formula is C36H40ClFN2O5. The maximum Gasteiger partial charge on any atom is 0.329 e. The fourth-order valence-electron chi connectivity index (χ4n) is 8.51. The van der Waals surface area contributed by atoms with E-state index in [1.165, 1.54) is 22.8 Å². The Morgan fingerprint density at radius 3 is 2.76 bits per heavy atom. The number of pyridine rings is 1. The zero-order valence-electron chi connectivity index (χ0n) is 25.8. The van der Waals surface area contributed by atoms with Crippen LogP contribution in [0.4, 0.5) is 10.1 Å². The van der Waals surface area contributed by atoms with Gasteiger partial charge in [0.15, 0.2) is 17.3 Å². The van der Waals surface area contributed by atoms with Crippen LogP contribution in [0.2, 0.25) is 5.02 Å². The molecule has 238 valence electrons. The smallest absolute Gasteiger partial charge is 0.329 e. The molecule has 2 aromatic carbocycles. The molecule has 0 radical (unpaired) electrons. The molecule has 0 saturated heterocycles. The van der Waals surface area contributed by atoms with Gasteiger partial charge in [-0.3, -0.25) is 4.98 Å². The van der Waals surface area contributed by atoms with Crippen molar-refractivity contribution < 1.29 is 28.5 Å². The number of benzene rings is 2. The van der Waals surface area contributed by atoms with E-state index in [1.807, 2.05) is 12.3 Å². The minimum atomic E-state index is -1.30. The first kappa shape index (κ1) is 30.2. The highest BCUT2D eigenvalue weighted by molar-refractivity contribution is 6.31. The fourth-order valence-corrected chi connectivity index (χ4v) is 8.69. The van der Waals surface area contributed by atoms with Gasteiger partial charge in [-0.25, -0.2) is 9.18 Å². The number of rotatable bonds is 8. The quantitative estimate of drug-likeness (QED) is 0.259. The van der Waals surface area contributed by atoms with Gasteiger partial charge in [0, 0.05) is 17.5 Å². The van der Waals surface area contributed by atoms with Crippen LogP contribution in [0.25, 0.3) is 0 Å². The van der Waals surface area contributed by atoms with Crippen LogP contribution in [0.15, 0.2) is 42.6 Å². The molecule has 1 saturated carbocycles. The van der Waals surface area contributed by atoms with E-state index in [2.05, 4.69) is 36.3 Å². The van der Waals surface area contributed by atoms with Crippen molar-refractivity contribution in [3.8, 4) is 17.2 Å². The van der Waals surface area contributed by atoms with E-state index < -0.39 is 17.3 Å². The first-order valence-corrected chi connectivity index (χ1v) is 16.6. The number of nitrogens with one attached hydrogen (secondary N) is 1. The second-order valence-electron chi connectivity index (χ2n) is 13.6. The average Bonchev–Trinajstić information content (AvgIpc) is 3.60. The number of carboxylic acid groups (broad SMARTS) is 1. The molecular weight excluding hydrogens is 595 g/mol. The van der Waals surface area contributed by atoms with Crippen LogP contribution in [0.1, 0.15) is 87.1 Å². The number of carboxylic acids is 1. The molecule has 3 atom stereocenters. The Morgan fingerprint density at radius 2 is 1.98 bits per heavy atom. The molecule has 0 unspecified atom stereocenters. The summed E-state index contributed by atoms with van der Waals surface area (Å²) < 4.78 is 32.9. The number of anilines is 1. The van der Waals surface area contributed by atoms with Gasteiger partial charge in [-0.05, 0) is 122 Å². The van der Waals surface area contributed by atoms with Crippen LogP contribution in [0.5, 0.6) is 17.2 Å². The van der Waals surface area contributed by atoms with Gasteiger partial charge >= 0.3 is 5.97 Å². The van der Waals surface area contributed by atoms with E-state index in [1.54, 1.807) is 12.1 Å². The van der Waals surface area contributed by atoms with Crippen molar-refractivity contribution >= 4 is 23.3 Å². The number of hydrogen-bond acceptors (Lipinski definition) is 6. The number of aryl methyl sites for hydroxylation is 1. The van der Waals surface area contributed by atoms with Crippen LogP contribution in [-0.4, -0.2) is 35.0 Å². The Balaban J connectivity index is 1.14. The number of aliphatic carboxylic acids is 1. The lowest BCUT2D eigenvalue weighted by Crippen LogP contribution is -2.53. The average molecular weight is 635 g/mol. The van der Waals surface area contributed by atoms with Crippen molar-refractivity contribution in [1.82, 2.24) is 4.98 Å². The van der Waals surface area contributed by atoms with Gasteiger partial charge in [-0.2, -0.15) is 0 Å². The lowest BCUT2D eigenvalue weighted by Gasteiger charge is -2.47. The van der Waals surface area contributed by atoms with Crippen molar-refractivity contribution in [1.29, 1.82) is 0 Å². The summed E-state index contributed by atoms with van der Waals surface area (Å²) in [5, 5.41) is 13.5. The number of nitrogens with zero attached hydrogens (tertiary/aromatic N) is 1. The molecule has 2 N–H and O–H groups in total. The van der Waals surface area contributed by atoms with Crippen LogP contribution in [0.3, 0.4) is 0 Å². The predicted octanol–water partition coefficient (Wildman–Crippen LogP) is 8.07. The van der Waals surface area contributed by atoms with Crippen LogP contribution in [0, 0.1) is 17.7 Å². The molecule has 45 heavy (non-hydrogen) atoms. The van der Waals surface area contributed by atoms with Crippen LogP contribution < -0.4 is 19.5 Å². The number of fused-ring (bicyclic) bond motifs is 4. The Kier molecular flexibility index (Phi) is 7.83. The summed E-state index contributed by atoms with van der Waals surface area (Å²) >= 11 is 6.03. The molecule has 1 aliphatic heterocycles. The topological polar surface area (TPSA) is 89.9 Å². The number of halogens is 2. The van der Waals surface area contributed by atoms with Gasteiger partial charge in [-0.1, -0.05) is 31.5 Å². The van der Waals surface area contributed by atoms with E-state index in [0.717, 1.165) is 55.0 Å². The maximum atomic E-state index is 14.9. The van der Waals surface area contributed by atoms with Crippen molar-refractivity contribution in [2.24, 2.45) is 11.8 Å². The summed E-state index contributed by atoms with van der Waals surface area (Å²) in [4.78, 5) is 17.4. The zero-order valence-corrected chi connectivity index (χ0v) is 26.6. The van der Waals surface area contributed by atoms with Crippen LogP contribution in [-0.2, 0) is 23.1 Å². The zero-order chi connectivity index (χ0) is 31.3. The predicted molar refractivity (Wildman–Crippen MR) is 170 cm³/mol. The van der Waals surface area contributed by atoms with E-state index in [-0.39, 0.29) is 34.8 Å². The SMILES string of the molecule is C[C@@H](COc1ccnc2c1[C@H](C)CCC2)C[C@H]1Cc2cc3c(cc2C12CCC(Nc1cccc(Cl)c1F)(C(=O)O)CC2)OCO3. The van der Waals surface area contributed by atoms with Crippen molar-refractivity contribution in [2.75, 3.05) is 18.7 Å². The van der Waals surface area contributed by atoms with Gasteiger partial charge < -0.3 is 24.6 Å². The Labute approximate surface area is 268 Å². The molecule has 1 fully saturated rings. The molecule has 2 heterocycles. The van der Waals surface area contributed by atoms with E-state index in [9.17, 15) is 14.3 Å². The third-order valence-corrected chi connectivity index (χ3v) is 11.2. The van der Waals surface area contributed by atoms with E-state index in [0.29, 0.717) is 38.2 Å². The highest BCUT2D eigenvalue weighted by atomic mass is 35.5. The number of carbonyl (C=O) groups is 1. The largest absolute Gasteiger partial charge is 0.493 e. The second kappa shape index (κ2) is 11.7. The van der Waals surface area contributed by atoms with Crippen molar-refractivity contribution in [3.63, 3.8) is 0 Å². The summed E-state index contributed by atoms with van der Waals surface area (Å²) in [6, 6.07) is 10.9. The number of ether oxygens (including phenoxy) is 3. The third kappa shape index (κ3) is 5.29. The van der Waals surface area contributed by atoms with Gasteiger partial charge in [0.25, 0.3) is 0 Å². The lowest BCUT2D eigenvalue weighted by molar-refractivity contribution is -0.144. The van der Waals surface area contributed by atoms with Crippen LogP contribution >= 0.6 is 11.6 Å². The minimum absolute atomic E-state index is 0.0355. The monoisotopic (exact) mass is 634 g/mol. The lowest BCUT2D eigenvalue weighted by atomic mass is 9.59. The Hall–Kier alpha value is -3.52. The normalized spacial score (nSPS) is 27.1. The third-order valence-electron chi connectivity index (χ3n) is 10.9. The van der Waals surface area contributed by atoms with Crippen molar-refractivity contribution in [2.45, 2.75) is 88.5 Å². The molecule has 0 bridgehead atoms. The highest BCUT2D eigenvalue weighted by Crippen LogP contribution is 2.58. The Morgan fingerprint density at radius 1 is 1.20 bits per heavy atom. The summed E-state index contributed by atoms with van der Waals surface area (Å²) in [5.41, 5.74) is 3.48. The first-order valence-electron chi connectivity index (χ1n) is 16.2. The first-order chi connectivity index (χ1) is 21.7. The highest BCUT2D eigenvalue weighted by Gasteiger charge is 2.54. The summed E-state index contributed by atoms with van der Waals surface area (Å²) in [6.07, 6.45) is 9.00. The Bertz CT molecular complexity index is 1620. The van der Waals surface area contributed by atoms with Gasteiger partial charge in [0.1, 0.15) is 11.3 Å². The molecule has 1 spiro atoms. The van der Waals surface area contributed by atoms with E-state index >= 15 is 0 Å². The van der Waals surface area contributed by atoms with E-state index in [4.69, 9.17) is 25.8 Å². The summed E-state index contributed by atoms with van der Waals surface area (Å²) in [5.74, 6) is 1.86. The molecule has 3 aromatic rings. The minimum Gasteiger partial charge on any atom is -0.493 e. The van der Waals surface area contributed by atoms with Gasteiger partial charge in [0.2, 0.25) is 6.79 Å². The number of hydrogen-bond donors (Lipinski definition) is 2. The molecule has 4 aliphatic rings. The summed E-state index contributed by atoms with van der Waals surface area (Å²) in [7, 11) is 0. The summed E-state index contributed by atoms with van der Waals surface area (Å²) in [6.45, 7) is 5.31. The number of aromatic nitrogens is 1. The van der Waals surface area contributed by atoms with Gasteiger partial charge in [-0.15, -0.1) is 0 Å². The fraction of sp³-hybridized carbons (Fsp3) is 0.500. The van der Waals surface area contributed by atoms with Gasteiger partial charge in [0.05, 0.1) is 17.3 Å². The maximum absolute atomic E-state index is 14.9. The molecule has 3 aliphatic carbocycles. The molecule has 9 heteroatoms. The molecule has 7 rings (SSSR count). The molecule has 1 aromatic heterocycles. The standard InChI is InChI=1S/C36H40ClFN2O5/c1-21(19-43-29-9-14-39-27-7-3-5-22(2)32(27)29)15-24-16-23-17-30-31(45-20-44-30)18-25(23)35(24)10-12-36(13-11-35,34(41)42)40-28-8-4-6-26(37)33(28)38/h4,6,8-9,14,17-18,21-22,24,40H,3,5,7,10-13,15-16,19-20H2,1-2H3,(H,41,42)/t21-,22-,24+,35?,36?/m1/s1. The van der Waals surface area contributed by atoms with Crippen molar-refractivity contribution in [3.05, 3.63) is 75.8 Å².